The lowest BCUT2D eigenvalue weighted by Crippen LogP contribution is -2.30. The monoisotopic (exact) mass is 368 g/mol. The molecule has 2 rings (SSSR count). The summed E-state index contributed by atoms with van der Waals surface area (Å²) in [6.07, 6.45) is 0. The number of anilines is 2. The highest BCUT2D eigenvalue weighted by Crippen LogP contribution is 2.10. The van der Waals surface area contributed by atoms with Crippen LogP contribution in [0.1, 0.15) is 0 Å². The number of hydrogen-bond donors (Lipinski definition) is 2. The summed E-state index contributed by atoms with van der Waals surface area (Å²) in [7, 11) is -4.03. The fraction of sp³-hybridized carbons (Fsp3) is 0.125. The summed E-state index contributed by atoms with van der Waals surface area (Å²) in [5, 5.41) is 4.53. The first-order chi connectivity index (χ1) is 11.7. The lowest BCUT2D eigenvalue weighted by Gasteiger charge is -2.07. The Balaban J connectivity index is 1.90. The molecule has 0 aliphatic rings. The molecule has 0 saturated heterocycles. The van der Waals surface area contributed by atoms with Gasteiger partial charge in [0.15, 0.2) is 9.84 Å². The molecular weight excluding hydrogens is 354 g/mol. The van der Waals surface area contributed by atoms with Gasteiger partial charge in [0.05, 0.1) is 0 Å². The van der Waals surface area contributed by atoms with Gasteiger partial charge in [-0.3, -0.25) is 9.59 Å². The van der Waals surface area contributed by atoms with Gasteiger partial charge in [-0.15, -0.1) is 0 Å². The normalized spacial score (nSPS) is 11.0. The fourth-order valence-electron chi connectivity index (χ4n) is 1.94. The molecule has 9 heteroatoms. The van der Waals surface area contributed by atoms with Crippen LogP contribution in [-0.4, -0.2) is 31.7 Å². The summed E-state index contributed by atoms with van der Waals surface area (Å²) in [5.74, 6) is -4.68. The van der Waals surface area contributed by atoms with Crippen LogP contribution in [0.4, 0.5) is 20.2 Å². The number of halogens is 2. The summed E-state index contributed by atoms with van der Waals surface area (Å²) in [5.41, 5.74) is 0.335. The highest BCUT2D eigenvalue weighted by Gasteiger charge is 2.21. The molecule has 0 atom stereocenters. The second-order valence-electron chi connectivity index (χ2n) is 5.15. The molecule has 0 heterocycles. The minimum absolute atomic E-state index is 0.107. The van der Waals surface area contributed by atoms with Crippen LogP contribution in [0.25, 0.3) is 0 Å². The van der Waals surface area contributed by atoms with Crippen LogP contribution >= 0.6 is 0 Å². The number of sulfone groups is 1. The van der Waals surface area contributed by atoms with E-state index in [0.29, 0.717) is 0 Å². The second kappa shape index (κ2) is 7.84. The van der Waals surface area contributed by atoms with Crippen molar-refractivity contribution in [2.75, 3.05) is 22.1 Å². The van der Waals surface area contributed by atoms with Gasteiger partial charge in [-0.25, -0.2) is 17.2 Å². The molecule has 0 aliphatic carbocycles. The Labute approximate surface area is 142 Å². The molecule has 0 unspecified atom stereocenters. The van der Waals surface area contributed by atoms with Crippen molar-refractivity contribution in [1.29, 1.82) is 0 Å². The largest absolute Gasteiger partial charge is 0.325 e. The molecule has 2 amide bonds. The third-order valence-electron chi connectivity index (χ3n) is 2.94. The molecule has 25 heavy (non-hydrogen) atoms. The van der Waals surface area contributed by atoms with Gasteiger partial charge in [-0.05, 0) is 42.5 Å². The average molecular weight is 368 g/mol. The predicted molar refractivity (Wildman–Crippen MR) is 88.7 cm³/mol. The van der Waals surface area contributed by atoms with Gasteiger partial charge in [0, 0.05) is 11.4 Å². The number of hydrogen-bond acceptors (Lipinski definition) is 4. The van der Waals surface area contributed by atoms with Crippen molar-refractivity contribution in [2.24, 2.45) is 0 Å². The van der Waals surface area contributed by atoms with Crippen molar-refractivity contribution < 1.29 is 26.8 Å². The molecule has 2 aromatic carbocycles. The summed E-state index contributed by atoms with van der Waals surface area (Å²) >= 11 is 0. The van der Waals surface area contributed by atoms with Gasteiger partial charge >= 0.3 is 0 Å². The maximum atomic E-state index is 13.0. The Kier molecular flexibility index (Phi) is 5.81. The zero-order valence-corrected chi connectivity index (χ0v) is 13.6. The molecule has 0 aromatic heterocycles. The van der Waals surface area contributed by atoms with Gasteiger partial charge < -0.3 is 10.6 Å². The smallest absolute Gasteiger partial charge is 0.239 e. The standard InChI is InChI=1S/C16H14F2N2O4S/c17-11-4-6-13(7-5-11)19-15(21)9-25(23,24)10-16(22)20-14-3-1-2-12(18)8-14/h1-8H,9-10H2,(H,19,21)(H,20,22). The summed E-state index contributed by atoms with van der Waals surface area (Å²) in [6, 6.07) is 9.72. The zero-order valence-electron chi connectivity index (χ0n) is 12.8. The number of carbonyl (C=O) groups excluding carboxylic acids is 2. The van der Waals surface area contributed by atoms with Gasteiger partial charge in [0.25, 0.3) is 0 Å². The molecule has 0 radical (unpaired) electrons. The van der Waals surface area contributed by atoms with Gasteiger partial charge in [0.1, 0.15) is 23.1 Å². The van der Waals surface area contributed by atoms with Crippen molar-refractivity contribution in [3.05, 3.63) is 60.2 Å². The van der Waals surface area contributed by atoms with Gasteiger partial charge in [0.2, 0.25) is 11.8 Å². The van der Waals surface area contributed by atoms with E-state index in [1.54, 1.807) is 0 Å². The van der Waals surface area contributed by atoms with Crippen LogP contribution in [0.2, 0.25) is 0 Å². The van der Waals surface area contributed by atoms with E-state index in [9.17, 15) is 26.8 Å². The number of amides is 2. The number of nitrogens with one attached hydrogen (secondary N) is 2. The molecule has 0 saturated carbocycles. The van der Waals surface area contributed by atoms with E-state index in [1.165, 1.54) is 30.3 Å². The first-order valence-corrected chi connectivity index (χ1v) is 8.87. The minimum Gasteiger partial charge on any atom is -0.325 e. The van der Waals surface area contributed by atoms with E-state index in [0.717, 1.165) is 18.2 Å². The Hall–Kier alpha value is -2.81. The van der Waals surface area contributed by atoms with Crippen LogP contribution in [0, 0.1) is 11.6 Å². The molecule has 0 aliphatic heterocycles. The maximum absolute atomic E-state index is 13.0. The van der Waals surface area contributed by atoms with Crippen molar-refractivity contribution >= 4 is 33.0 Å². The number of benzene rings is 2. The molecule has 132 valence electrons. The first-order valence-electron chi connectivity index (χ1n) is 7.05. The van der Waals surface area contributed by atoms with Crippen LogP contribution in [0.15, 0.2) is 48.5 Å². The fourth-order valence-corrected chi connectivity index (χ4v) is 2.99. The van der Waals surface area contributed by atoms with Crippen LogP contribution in [-0.2, 0) is 19.4 Å². The minimum atomic E-state index is -4.03. The Morgan fingerprint density at radius 3 is 1.92 bits per heavy atom. The molecular formula is C16H14F2N2O4S. The molecule has 0 spiro atoms. The van der Waals surface area contributed by atoms with Crippen LogP contribution in [0.3, 0.4) is 0 Å². The second-order valence-corrected chi connectivity index (χ2v) is 7.21. The maximum Gasteiger partial charge on any atom is 0.239 e. The zero-order chi connectivity index (χ0) is 18.4. The Bertz CT molecular complexity index is 883. The highest BCUT2D eigenvalue weighted by molar-refractivity contribution is 7.92. The van der Waals surface area contributed by atoms with Crippen LogP contribution < -0.4 is 10.6 Å². The lowest BCUT2D eigenvalue weighted by atomic mass is 10.3. The molecule has 6 nitrogen and oxygen atoms in total. The number of rotatable bonds is 6. The van der Waals surface area contributed by atoms with Crippen molar-refractivity contribution in [1.82, 2.24) is 0 Å². The predicted octanol–water partition coefficient (Wildman–Crippen LogP) is 1.96. The first kappa shape index (κ1) is 18.5. The van der Waals surface area contributed by atoms with Crippen LogP contribution in [0.5, 0.6) is 0 Å². The summed E-state index contributed by atoms with van der Waals surface area (Å²) in [4.78, 5) is 23.5. The molecule has 0 fully saturated rings. The van der Waals surface area contributed by atoms with E-state index < -0.39 is 44.8 Å². The van der Waals surface area contributed by atoms with Gasteiger partial charge in [-0.1, -0.05) is 6.07 Å². The SMILES string of the molecule is O=C(CS(=O)(=O)CC(=O)Nc1cccc(F)c1)Nc1ccc(F)cc1. The Morgan fingerprint density at radius 2 is 1.36 bits per heavy atom. The van der Waals surface area contributed by atoms with E-state index in [-0.39, 0.29) is 11.4 Å². The third-order valence-corrected chi connectivity index (χ3v) is 4.34. The van der Waals surface area contributed by atoms with Gasteiger partial charge in [-0.2, -0.15) is 0 Å². The van der Waals surface area contributed by atoms with E-state index in [1.807, 2.05) is 0 Å². The molecule has 2 aromatic rings. The van der Waals surface area contributed by atoms with E-state index >= 15 is 0 Å². The topological polar surface area (TPSA) is 92.3 Å². The van der Waals surface area contributed by atoms with Crippen molar-refractivity contribution in [3.8, 4) is 0 Å². The Morgan fingerprint density at radius 1 is 0.800 bits per heavy atom. The average Bonchev–Trinajstić information content (AvgIpc) is 2.48. The van der Waals surface area contributed by atoms with E-state index in [2.05, 4.69) is 10.6 Å². The third kappa shape index (κ3) is 6.30. The van der Waals surface area contributed by atoms with Crippen molar-refractivity contribution in [2.45, 2.75) is 0 Å². The molecule has 0 bridgehead atoms. The molecule has 2 N–H and O–H groups in total. The summed E-state index contributed by atoms with van der Waals surface area (Å²) < 4.78 is 49.6. The highest BCUT2D eigenvalue weighted by atomic mass is 32.2. The quantitative estimate of drug-likeness (QED) is 0.815. The lowest BCUT2D eigenvalue weighted by molar-refractivity contribution is -0.114. The van der Waals surface area contributed by atoms with E-state index in [4.69, 9.17) is 0 Å². The summed E-state index contributed by atoms with van der Waals surface area (Å²) in [6.45, 7) is 0. The van der Waals surface area contributed by atoms with Crippen molar-refractivity contribution in [3.63, 3.8) is 0 Å². The number of carbonyl (C=O) groups is 2.